The number of thioether (sulfide) groups is 1. The predicted octanol–water partition coefficient (Wildman–Crippen LogP) is 4.87. The van der Waals surface area contributed by atoms with Crippen molar-refractivity contribution in [1.29, 1.82) is 0 Å². The molecule has 0 aliphatic rings. The van der Waals surface area contributed by atoms with Crippen molar-refractivity contribution in [2.75, 3.05) is 0 Å². The third kappa shape index (κ3) is 3.28. The van der Waals surface area contributed by atoms with Gasteiger partial charge in [0.15, 0.2) is 4.34 Å². The standard InChI is InChI=1S/C17H18N2S2/c1-2-14(16(18)12-8-4-3-5-9-12)20-17-19-13-10-6-7-11-15(13)21-17/h3-11,14,16H,2,18H2,1H3. The molecule has 0 bridgehead atoms. The van der Waals surface area contributed by atoms with Gasteiger partial charge in [0.1, 0.15) is 0 Å². The van der Waals surface area contributed by atoms with Crippen molar-refractivity contribution in [1.82, 2.24) is 4.98 Å². The first-order chi connectivity index (χ1) is 10.3. The zero-order chi connectivity index (χ0) is 14.7. The highest BCUT2D eigenvalue weighted by Gasteiger charge is 2.20. The summed E-state index contributed by atoms with van der Waals surface area (Å²) in [5, 5.41) is 0.341. The Morgan fingerprint density at radius 3 is 2.52 bits per heavy atom. The van der Waals surface area contributed by atoms with Gasteiger partial charge in [-0.3, -0.25) is 0 Å². The number of hydrogen-bond donors (Lipinski definition) is 1. The van der Waals surface area contributed by atoms with Crippen molar-refractivity contribution in [3.63, 3.8) is 0 Å². The summed E-state index contributed by atoms with van der Waals surface area (Å²) in [4.78, 5) is 4.70. The van der Waals surface area contributed by atoms with Crippen LogP contribution in [0.15, 0.2) is 58.9 Å². The van der Waals surface area contributed by atoms with Crippen LogP contribution >= 0.6 is 23.1 Å². The Kier molecular flexibility index (Phi) is 4.58. The summed E-state index contributed by atoms with van der Waals surface area (Å²) in [5.41, 5.74) is 8.72. The van der Waals surface area contributed by atoms with Crippen LogP contribution in [0.4, 0.5) is 0 Å². The van der Waals surface area contributed by atoms with E-state index in [-0.39, 0.29) is 6.04 Å². The summed E-state index contributed by atoms with van der Waals surface area (Å²) in [5.74, 6) is 0. The average Bonchev–Trinajstić information content (AvgIpc) is 2.95. The number of fused-ring (bicyclic) bond motifs is 1. The second-order valence-electron chi connectivity index (χ2n) is 4.95. The molecule has 2 nitrogen and oxygen atoms in total. The molecule has 3 rings (SSSR count). The van der Waals surface area contributed by atoms with Crippen LogP contribution in [-0.4, -0.2) is 10.2 Å². The summed E-state index contributed by atoms with van der Waals surface area (Å²) in [7, 11) is 0. The van der Waals surface area contributed by atoms with E-state index in [9.17, 15) is 0 Å². The zero-order valence-corrected chi connectivity index (χ0v) is 13.5. The van der Waals surface area contributed by atoms with Crippen molar-refractivity contribution in [3.8, 4) is 0 Å². The third-order valence-corrected chi connectivity index (χ3v) is 6.11. The van der Waals surface area contributed by atoms with Gasteiger partial charge in [0.05, 0.1) is 10.2 Å². The number of nitrogens with two attached hydrogens (primary N) is 1. The molecule has 2 atom stereocenters. The minimum atomic E-state index is 0.0354. The van der Waals surface area contributed by atoms with Gasteiger partial charge in [-0.05, 0) is 24.1 Å². The smallest absolute Gasteiger partial charge is 0.151 e. The molecular formula is C17H18N2S2. The largest absolute Gasteiger partial charge is 0.323 e. The molecule has 1 aromatic heterocycles. The lowest BCUT2D eigenvalue weighted by Gasteiger charge is -2.21. The molecule has 0 saturated carbocycles. The Bertz CT molecular complexity index is 676. The molecule has 0 spiro atoms. The first-order valence-corrected chi connectivity index (χ1v) is 8.80. The fourth-order valence-electron chi connectivity index (χ4n) is 2.33. The van der Waals surface area contributed by atoms with Gasteiger partial charge in [-0.2, -0.15) is 0 Å². The van der Waals surface area contributed by atoms with E-state index in [1.54, 1.807) is 23.1 Å². The maximum absolute atomic E-state index is 6.45. The highest BCUT2D eigenvalue weighted by Crippen LogP contribution is 2.37. The van der Waals surface area contributed by atoms with E-state index in [4.69, 9.17) is 10.7 Å². The summed E-state index contributed by atoms with van der Waals surface area (Å²) in [6.45, 7) is 2.19. The van der Waals surface area contributed by atoms with Gasteiger partial charge in [0.25, 0.3) is 0 Å². The zero-order valence-electron chi connectivity index (χ0n) is 11.9. The summed E-state index contributed by atoms with van der Waals surface area (Å²) in [6, 6.07) is 18.6. The molecule has 21 heavy (non-hydrogen) atoms. The molecule has 2 aromatic carbocycles. The quantitative estimate of drug-likeness (QED) is 0.683. The van der Waals surface area contributed by atoms with Gasteiger partial charge >= 0.3 is 0 Å². The van der Waals surface area contributed by atoms with E-state index < -0.39 is 0 Å². The Balaban J connectivity index is 1.80. The first kappa shape index (κ1) is 14.6. The van der Waals surface area contributed by atoms with Crippen LogP contribution in [0.1, 0.15) is 24.9 Å². The number of aromatic nitrogens is 1. The Morgan fingerprint density at radius 2 is 1.81 bits per heavy atom. The molecule has 2 unspecified atom stereocenters. The van der Waals surface area contributed by atoms with E-state index in [2.05, 4.69) is 37.3 Å². The lowest BCUT2D eigenvalue weighted by Crippen LogP contribution is -2.23. The molecule has 0 radical (unpaired) electrons. The van der Waals surface area contributed by atoms with E-state index in [0.29, 0.717) is 5.25 Å². The lowest BCUT2D eigenvalue weighted by atomic mass is 10.0. The maximum atomic E-state index is 6.45. The first-order valence-electron chi connectivity index (χ1n) is 7.10. The SMILES string of the molecule is CCC(Sc1nc2ccccc2s1)C(N)c1ccccc1. The van der Waals surface area contributed by atoms with Gasteiger partial charge in [-0.15, -0.1) is 11.3 Å². The van der Waals surface area contributed by atoms with E-state index in [1.807, 2.05) is 24.3 Å². The minimum absolute atomic E-state index is 0.0354. The molecule has 0 fully saturated rings. The molecular weight excluding hydrogens is 296 g/mol. The average molecular weight is 314 g/mol. The van der Waals surface area contributed by atoms with Gasteiger partial charge in [-0.25, -0.2) is 4.98 Å². The molecule has 0 aliphatic carbocycles. The summed E-state index contributed by atoms with van der Waals surface area (Å²) < 4.78 is 2.34. The number of benzene rings is 2. The third-order valence-electron chi connectivity index (χ3n) is 3.51. The van der Waals surface area contributed by atoms with Gasteiger partial charge in [-0.1, -0.05) is 61.2 Å². The number of thiazole rings is 1. The highest BCUT2D eigenvalue weighted by molar-refractivity contribution is 8.01. The summed E-state index contributed by atoms with van der Waals surface area (Å²) in [6.07, 6.45) is 1.02. The van der Waals surface area contributed by atoms with Crippen LogP contribution in [0, 0.1) is 0 Å². The monoisotopic (exact) mass is 314 g/mol. The van der Waals surface area contributed by atoms with Gasteiger partial charge in [0.2, 0.25) is 0 Å². The molecule has 2 N–H and O–H groups in total. The van der Waals surface area contributed by atoms with E-state index in [1.165, 1.54) is 10.3 Å². The number of rotatable bonds is 5. The van der Waals surface area contributed by atoms with Crippen LogP contribution < -0.4 is 5.73 Å². The van der Waals surface area contributed by atoms with Crippen molar-refractivity contribution in [3.05, 3.63) is 60.2 Å². The van der Waals surface area contributed by atoms with Crippen molar-refractivity contribution >= 4 is 33.3 Å². The van der Waals surface area contributed by atoms with Crippen LogP contribution in [0.2, 0.25) is 0 Å². The number of nitrogens with zero attached hydrogens (tertiary/aromatic N) is 1. The topological polar surface area (TPSA) is 38.9 Å². The molecule has 0 aliphatic heterocycles. The van der Waals surface area contributed by atoms with Crippen molar-refractivity contribution in [2.24, 2.45) is 5.73 Å². The van der Waals surface area contributed by atoms with Crippen LogP contribution in [0.5, 0.6) is 0 Å². The van der Waals surface area contributed by atoms with Gasteiger partial charge < -0.3 is 5.73 Å². The van der Waals surface area contributed by atoms with Crippen molar-refractivity contribution < 1.29 is 0 Å². The second kappa shape index (κ2) is 6.60. The van der Waals surface area contributed by atoms with Gasteiger partial charge in [0, 0.05) is 11.3 Å². The fourth-order valence-corrected chi connectivity index (χ4v) is 4.74. The lowest BCUT2D eigenvalue weighted by molar-refractivity contribution is 0.656. The Labute approximate surface area is 133 Å². The predicted molar refractivity (Wildman–Crippen MR) is 92.9 cm³/mol. The van der Waals surface area contributed by atoms with Crippen molar-refractivity contribution in [2.45, 2.75) is 29.0 Å². The van der Waals surface area contributed by atoms with Crippen LogP contribution in [-0.2, 0) is 0 Å². The minimum Gasteiger partial charge on any atom is -0.323 e. The molecule has 108 valence electrons. The second-order valence-corrected chi connectivity index (χ2v) is 7.47. The van der Waals surface area contributed by atoms with E-state index in [0.717, 1.165) is 16.3 Å². The molecule has 0 saturated heterocycles. The van der Waals surface area contributed by atoms with E-state index >= 15 is 0 Å². The van der Waals surface area contributed by atoms with Crippen LogP contribution in [0.3, 0.4) is 0 Å². The molecule has 4 heteroatoms. The molecule has 3 aromatic rings. The normalized spacial score (nSPS) is 14.2. The Hall–Kier alpha value is -1.36. The highest BCUT2D eigenvalue weighted by atomic mass is 32.2. The number of para-hydroxylation sites is 1. The summed E-state index contributed by atoms with van der Waals surface area (Å²) >= 11 is 3.55. The van der Waals surface area contributed by atoms with Crippen LogP contribution in [0.25, 0.3) is 10.2 Å². The fraction of sp³-hybridized carbons (Fsp3) is 0.235. The maximum Gasteiger partial charge on any atom is 0.151 e. The Morgan fingerprint density at radius 1 is 1.10 bits per heavy atom. The molecule has 1 heterocycles. The number of hydrogen-bond acceptors (Lipinski definition) is 4. The molecule has 0 amide bonds.